The number of imidazole rings is 1. The molecular weight excluding hydrogens is 344 g/mol. The highest BCUT2D eigenvalue weighted by atomic mass is 32.2. The van der Waals surface area contributed by atoms with E-state index >= 15 is 0 Å². The number of hydrogen-bond acceptors (Lipinski definition) is 5. The Morgan fingerprint density at radius 2 is 1.96 bits per heavy atom. The molecule has 1 atom stereocenters. The first-order valence-corrected chi connectivity index (χ1v) is 10.3. The zero-order valence-corrected chi connectivity index (χ0v) is 16.2. The molecule has 0 spiro atoms. The number of hydrogen-bond donors (Lipinski definition) is 1. The van der Waals surface area contributed by atoms with E-state index in [0.717, 1.165) is 11.4 Å². The molecule has 9 heteroatoms. The zero-order valence-electron chi connectivity index (χ0n) is 15.4. The molecule has 25 heavy (non-hydrogen) atoms. The van der Waals surface area contributed by atoms with Crippen molar-refractivity contribution < 1.29 is 13.2 Å². The molecule has 0 aromatic carbocycles. The van der Waals surface area contributed by atoms with Gasteiger partial charge in [0, 0.05) is 43.5 Å². The molecule has 1 saturated heterocycles. The number of rotatable bonds is 7. The number of amides is 1. The summed E-state index contributed by atoms with van der Waals surface area (Å²) in [6.45, 7) is 5.12. The molecule has 0 bridgehead atoms. The van der Waals surface area contributed by atoms with Crippen LogP contribution in [-0.4, -0.2) is 78.4 Å². The molecule has 0 saturated carbocycles. The van der Waals surface area contributed by atoms with Crippen LogP contribution in [0.3, 0.4) is 0 Å². The van der Waals surface area contributed by atoms with Crippen LogP contribution in [0.15, 0.2) is 4.79 Å². The second-order valence-electron chi connectivity index (χ2n) is 6.99. The molecule has 1 aromatic heterocycles. The van der Waals surface area contributed by atoms with Crippen molar-refractivity contribution in [3.05, 3.63) is 21.9 Å². The molecule has 2 rings (SSSR count). The lowest BCUT2D eigenvalue weighted by atomic mass is 10.2. The van der Waals surface area contributed by atoms with Crippen molar-refractivity contribution >= 4 is 15.7 Å². The number of H-pyrrole nitrogens is 1. The van der Waals surface area contributed by atoms with Crippen molar-refractivity contribution in [1.82, 2.24) is 19.4 Å². The highest BCUT2D eigenvalue weighted by Gasteiger charge is 2.34. The maximum Gasteiger partial charge on any atom is 0.325 e. The van der Waals surface area contributed by atoms with Gasteiger partial charge >= 0.3 is 5.69 Å². The predicted octanol–water partition coefficient (Wildman–Crippen LogP) is -0.239. The summed E-state index contributed by atoms with van der Waals surface area (Å²) >= 11 is 0. The van der Waals surface area contributed by atoms with E-state index in [0.29, 0.717) is 26.1 Å². The molecule has 1 aliphatic heterocycles. The minimum Gasteiger partial charge on any atom is -0.337 e. The molecular formula is C16H28N4O4S. The van der Waals surface area contributed by atoms with Crippen LogP contribution in [0, 0.1) is 13.8 Å². The number of aromatic nitrogens is 2. The molecule has 0 radical (unpaired) electrons. The van der Waals surface area contributed by atoms with Gasteiger partial charge in [0.25, 0.3) is 0 Å². The lowest BCUT2D eigenvalue weighted by molar-refractivity contribution is -0.133. The normalized spacial score (nSPS) is 19.5. The van der Waals surface area contributed by atoms with Gasteiger partial charge in [-0.15, -0.1) is 0 Å². The average Bonchev–Trinajstić information content (AvgIpc) is 2.97. The molecule has 8 nitrogen and oxygen atoms in total. The van der Waals surface area contributed by atoms with Gasteiger partial charge in [0.05, 0.1) is 11.5 Å². The molecule has 1 fully saturated rings. The van der Waals surface area contributed by atoms with Crippen LogP contribution in [-0.2, 0) is 21.2 Å². The maximum atomic E-state index is 12.7. The molecule has 1 aromatic rings. The summed E-state index contributed by atoms with van der Waals surface area (Å²) in [6.07, 6.45) is 0.672. The number of likely N-dealkylation sites (N-methyl/N-ethyl adjacent to an activating group) is 1. The number of aromatic amines is 1. The smallest absolute Gasteiger partial charge is 0.325 e. The van der Waals surface area contributed by atoms with Crippen molar-refractivity contribution in [2.24, 2.45) is 0 Å². The van der Waals surface area contributed by atoms with Crippen molar-refractivity contribution in [3.8, 4) is 0 Å². The summed E-state index contributed by atoms with van der Waals surface area (Å²) in [4.78, 5) is 31.0. The van der Waals surface area contributed by atoms with E-state index in [1.807, 2.05) is 32.8 Å². The van der Waals surface area contributed by atoms with Gasteiger partial charge in [-0.25, -0.2) is 13.2 Å². The minimum atomic E-state index is -3.06. The van der Waals surface area contributed by atoms with Crippen LogP contribution >= 0.6 is 0 Å². The number of carbonyl (C=O) groups is 1. The Kier molecular flexibility index (Phi) is 6.10. The second-order valence-corrected chi connectivity index (χ2v) is 9.22. The van der Waals surface area contributed by atoms with Crippen molar-refractivity contribution in [1.29, 1.82) is 0 Å². The Balaban J connectivity index is 2.08. The van der Waals surface area contributed by atoms with E-state index in [-0.39, 0.29) is 35.6 Å². The Bertz CT molecular complexity index is 779. The SMILES string of the molecule is Cc1[nH]c(=O)n(CCC(=O)N(CCN(C)C)C2CCS(=O)(=O)C2)c1C. The van der Waals surface area contributed by atoms with Gasteiger partial charge in [-0.3, -0.25) is 9.36 Å². The molecule has 142 valence electrons. The Morgan fingerprint density at radius 1 is 1.28 bits per heavy atom. The molecule has 1 N–H and O–H groups in total. The first-order valence-electron chi connectivity index (χ1n) is 8.51. The monoisotopic (exact) mass is 372 g/mol. The zero-order chi connectivity index (χ0) is 18.8. The third-order valence-electron chi connectivity index (χ3n) is 4.79. The summed E-state index contributed by atoms with van der Waals surface area (Å²) in [5, 5.41) is 0. The van der Waals surface area contributed by atoms with Gasteiger partial charge in [0.1, 0.15) is 0 Å². The van der Waals surface area contributed by atoms with E-state index in [1.165, 1.54) is 0 Å². The highest BCUT2D eigenvalue weighted by Crippen LogP contribution is 2.19. The summed E-state index contributed by atoms with van der Waals surface area (Å²) in [6, 6.07) is -0.261. The predicted molar refractivity (Wildman–Crippen MR) is 96.5 cm³/mol. The Labute approximate surface area is 148 Å². The van der Waals surface area contributed by atoms with Crippen LogP contribution in [0.5, 0.6) is 0 Å². The van der Waals surface area contributed by atoms with Crippen LogP contribution in [0.4, 0.5) is 0 Å². The van der Waals surface area contributed by atoms with Gasteiger partial charge in [-0.2, -0.15) is 0 Å². The molecule has 1 unspecified atom stereocenters. The molecule has 1 amide bonds. The summed E-state index contributed by atoms with van der Waals surface area (Å²) in [5.74, 6) is 0.0713. The summed E-state index contributed by atoms with van der Waals surface area (Å²) in [5.41, 5.74) is 1.40. The highest BCUT2D eigenvalue weighted by molar-refractivity contribution is 7.91. The van der Waals surface area contributed by atoms with Gasteiger partial charge in [0.15, 0.2) is 9.84 Å². The molecule has 2 heterocycles. The summed E-state index contributed by atoms with van der Waals surface area (Å²) < 4.78 is 25.1. The topological polar surface area (TPSA) is 95.5 Å². The molecule has 1 aliphatic rings. The van der Waals surface area contributed by atoms with Crippen molar-refractivity contribution in [2.75, 3.05) is 38.7 Å². The lowest BCUT2D eigenvalue weighted by Crippen LogP contribution is -2.45. The second kappa shape index (κ2) is 7.74. The van der Waals surface area contributed by atoms with Crippen LogP contribution in [0.25, 0.3) is 0 Å². The first kappa shape index (κ1) is 19.7. The first-order chi connectivity index (χ1) is 11.6. The average molecular weight is 372 g/mol. The Morgan fingerprint density at radius 3 is 2.44 bits per heavy atom. The fraction of sp³-hybridized carbons (Fsp3) is 0.750. The number of carbonyl (C=O) groups excluding carboxylic acids is 1. The van der Waals surface area contributed by atoms with Crippen LogP contribution < -0.4 is 5.69 Å². The van der Waals surface area contributed by atoms with Crippen LogP contribution in [0.1, 0.15) is 24.2 Å². The largest absolute Gasteiger partial charge is 0.337 e. The summed E-state index contributed by atoms with van der Waals surface area (Å²) in [7, 11) is 0.775. The van der Waals surface area contributed by atoms with Gasteiger partial charge in [-0.05, 0) is 34.4 Å². The number of aryl methyl sites for hydroxylation is 1. The van der Waals surface area contributed by atoms with Gasteiger partial charge in [0.2, 0.25) is 5.91 Å². The Hall–Kier alpha value is -1.61. The molecule has 0 aliphatic carbocycles. The van der Waals surface area contributed by atoms with E-state index in [2.05, 4.69) is 4.98 Å². The van der Waals surface area contributed by atoms with E-state index in [4.69, 9.17) is 0 Å². The third-order valence-corrected chi connectivity index (χ3v) is 6.54. The number of nitrogens with one attached hydrogen (secondary N) is 1. The fourth-order valence-corrected chi connectivity index (χ4v) is 4.86. The number of sulfone groups is 1. The lowest BCUT2D eigenvalue weighted by Gasteiger charge is -2.29. The van der Waals surface area contributed by atoms with Gasteiger partial charge < -0.3 is 14.8 Å². The van der Waals surface area contributed by atoms with Crippen molar-refractivity contribution in [3.63, 3.8) is 0 Å². The van der Waals surface area contributed by atoms with E-state index in [9.17, 15) is 18.0 Å². The minimum absolute atomic E-state index is 0.0361. The van der Waals surface area contributed by atoms with Crippen molar-refractivity contribution in [2.45, 2.75) is 39.3 Å². The third kappa shape index (κ3) is 4.94. The quantitative estimate of drug-likeness (QED) is 0.713. The van der Waals surface area contributed by atoms with E-state index < -0.39 is 9.84 Å². The fourth-order valence-electron chi connectivity index (χ4n) is 3.13. The standard InChI is InChI=1S/C16H28N4O4S/c1-12-13(2)19(16(22)17-12)7-5-15(21)20(9-8-18(3)4)14-6-10-25(23,24)11-14/h14H,5-11H2,1-4H3,(H,17,22). The van der Waals surface area contributed by atoms with Gasteiger partial charge in [-0.1, -0.05) is 0 Å². The number of nitrogens with zero attached hydrogens (tertiary/aromatic N) is 3. The maximum absolute atomic E-state index is 12.7. The van der Waals surface area contributed by atoms with Crippen LogP contribution in [0.2, 0.25) is 0 Å². The van der Waals surface area contributed by atoms with E-state index in [1.54, 1.807) is 9.47 Å².